The molecule has 4 rings (SSSR count). The molecule has 2 aromatic rings. The van der Waals surface area contributed by atoms with E-state index in [4.69, 9.17) is 4.74 Å². The SMILES string of the molecule is CCN(CC1CCC(C)CC1)c1ncnc2c1ccn2C[C@@H]1CCN(C(=O)OC(C)(C)C)C[C@H]1O. The zero-order valence-corrected chi connectivity index (χ0v) is 22.1. The maximum Gasteiger partial charge on any atom is 0.410 e. The van der Waals surface area contributed by atoms with Crippen molar-refractivity contribution in [3.8, 4) is 0 Å². The molecule has 8 nitrogen and oxygen atoms in total. The summed E-state index contributed by atoms with van der Waals surface area (Å²) in [7, 11) is 0. The quantitative estimate of drug-likeness (QED) is 0.638. The lowest BCUT2D eigenvalue weighted by atomic mass is 9.83. The number of rotatable bonds is 6. The lowest BCUT2D eigenvalue weighted by molar-refractivity contribution is -0.0153. The fraction of sp³-hybridized carbons (Fsp3) is 0.741. The molecule has 194 valence electrons. The second kappa shape index (κ2) is 10.7. The van der Waals surface area contributed by atoms with Crippen LogP contribution in [-0.4, -0.2) is 68.5 Å². The number of ether oxygens (including phenoxy) is 1. The van der Waals surface area contributed by atoms with Crippen LogP contribution in [0.2, 0.25) is 0 Å². The highest BCUT2D eigenvalue weighted by Crippen LogP contribution is 2.32. The van der Waals surface area contributed by atoms with Crippen LogP contribution in [0.25, 0.3) is 11.0 Å². The largest absolute Gasteiger partial charge is 0.444 e. The summed E-state index contributed by atoms with van der Waals surface area (Å²) in [5.74, 6) is 2.64. The number of anilines is 1. The van der Waals surface area contributed by atoms with Crippen molar-refractivity contribution >= 4 is 22.9 Å². The number of amides is 1. The van der Waals surface area contributed by atoms with E-state index in [0.29, 0.717) is 19.6 Å². The predicted octanol–water partition coefficient (Wildman–Crippen LogP) is 4.70. The first-order chi connectivity index (χ1) is 16.6. The molecule has 0 spiro atoms. The number of carbonyl (C=O) groups excluding carboxylic acids is 1. The molecule has 0 unspecified atom stereocenters. The van der Waals surface area contributed by atoms with Crippen LogP contribution in [0.1, 0.15) is 66.7 Å². The minimum Gasteiger partial charge on any atom is -0.444 e. The van der Waals surface area contributed by atoms with Crippen molar-refractivity contribution in [3.63, 3.8) is 0 Å². The third kappa shape index (κ3) is 6.26. The van der Waals surface area contributed by atoms with Crippen molar-refractivity contribution in [3.05, 3.63) is 18.6 Å². The molecule has 1 amide bonds. The molecular formula is C27H43N5O3. The summed E-state index contributed by atoms with van der Waals surface area (Å²) in [6.45, 7) is 13.6. The number of hydrogen-bond donors (Lipinski definition) is 1. The van der Waals surface area contributed by atoms with E-state index in [1.165, 1.54) is 25.7 Å². The standard InChI is InChI=1S/C27H43N5O3/c1-6-30(15-20-9-7-19(2)8-10-20)24-22-12-14-31(25(22)29-18-28-24)16-21-11-13-32(17-23(21)33)26(34)35-27(3,4)5/h12,14,18-21,23,33H,6-11,13,15-17H2,1-5H3/t19?,20?,21-,23+/m0/s1. The van der Waals surface area contributed by atoms with Gasteiger partial charge in [0.25, 0.3) is 0 Å². The van der Waals surface area contributed by atoms with Gasteiger partial charge in [0.15, 0.2) is 0 Å². The van der Waals surface area contributed by atoms with Gasteiger partial charge < -0.3 is 24.2 Å². The second-order valence-corrected chi connectivity index (χ2v) is 11.6. The van der Waals surface area contributed by atoms with Gasteiger partial charge in [0.1, 0.15) is 23.4 Å². The smallest absolute Gasteiger partial charge is 0.410 e. The van der Waals surface area contributed by atoms with Gasteiger partial charge in [-0.15, -0.1) is 0 Å². The van der Waals surface area contributed by atoms with Gasteiger partial charge in [0.2, 0.25) is 0 Å². The maximum absolute atomic E-state index is 12.4. The molecule has 35 heavy (non-hydrogen) atoms. The topological polar surface area (TPSA) is 83.7 Å². The molecule has 1 aliphatic heterocycles. The molecular weight excluding hydrogens is 442 g/mol. The third-order valence-corrected chi connectivity index (χ3v) is 7.63. The van der Waals surface area contributed by atoms with Gasteiger partial charge in [-0.3, -0.25) is 0 Å². The third-order valence-electron chi connectivity index (χ3n) is 7.63. The lowest BCUT2D eigenvalue weighted by Gasteiger charge is -2.36. The van der Waals surface area contributed by atoms with E-state index in [0.717, 1.165) is 48.2 Å². The van der Waals surface area contributed by atoms with Gasteiger partial charge in [-0.1, -0.05) is 19.8 Å². The van der Waals surface area contributed by atoms with Crippen molar-refractivity contribution in [1.29, 1.82) is 0 Å². The Balaban J connectivity index is 1.43. The number of aliphatic hydroxyl groups is 1. The number of nitrogens with zero attached hydrogens (tertiary/aromatic N) is 5. The number of fused-ring (bicyclic) bond motifs is 1. The molecule has 0 radical (unpaired) electrons. The molecule has 0 aromatic carbocycles. The number of aromatic nitrogens is 3. The first kappa shape index (κ1) is 25.7. The zero-order chi connectivity index (χ0) is 25.2. The van der Waals surface area contributed by atoms with Crippen molar-refractivity contribution in [2.75, 3.05) is 31.1 Å². The van der Waals surface area contributed by atoms with Gasteiger partial charge in [0.05, 0.1) is 18.0 Å². The van der Waals surface area contributed by atoms with Crippen LogP contribution >= 0.6 is 0 Å². The summed E-state index contributed by atoms with van der Waals surface area (Å²) in [5, 5.41) is 11.9. The molecule has 1 saturated heterocycles. The molecule has 1 aliphatic carbocycles. The lowest BCUT2D eigenvalue weighted by Crippen LogP contribution is -2.49. The average Bonchev–Trinajstić information content (AvgIpc) is 3.22. The molecule has 0 bridgehead atoms. The Morgan fingerprint density at radius 3 is 2.60 bits per heavy atom. The first-order valence-corrected chi connectivity index (χ1v) is 13.4. The maximum atomic E-state index is 12.4. The Morgan fingerprint density at radius 1 is 1.20 bits per heavy atom. The highest BCUT2D eigenvalue weighted by molar-refractivity contribution is 5.87. The van der Waals surface area contributed by atoms with Crippen molar-refractivity contribution < 1.29 is 14.6 Å². The normalized spacial score (nSPS) is 25.6. The van der Waals surface area contributed by atoms with Crippen LogP contribution in [0, 0.1) is 17.8 Å². The molecule has 1 N–H and O–H groups in total. The summed E-state index contributed by atoms with van der Waals surface area (Å²) >= 11 is 0. The molecule has 1 saturated carbocycles. The first-order valence-electron chi connectivity index (χ1n) is 13.4. The number of likely N-dealkylation sites (tertiary alicyclic amines) is 1. The molecule has 2 fully saturated rings. The summed E-state index contributed by atoms with van der Waals surface area (Å²) in [6, 6.07) is 2.11. The monoisotopic (exact) mass is 485 g/mol. The minimum absolute atomic E-state index is 0.0502. The number of piperidine rings is 1. The van der Waals surface area contributed by atoms with E-state index >= 15 is 0 Å². The number of aliphatic hydroxyl groups excluding tert-OH is 1. The van der Waals surface area contributed by atoms with E-state index in [9.17, 15) is 9.90 Å². The number of carbonyl (C=O) groups is 1. The van der Waals surface area contributed by atoms with Crippen molar-refractivity contribution in [2.45, 2.75) is 85.0 Å². The summed E-state index contributed by atoms with van der Waals surface area (Å²) in [4.78, 5) is 25.7. The van der Waals surface area contributed by atoms with Crippen LogP contribution in [0.3, 0.4) is 0 Å². The minimum atomic E-state index is -0.601. The Labute approximate surface area is 209 Å². The van der Waals surface area contributed by atoms with Crippen LogP contribution in [-0.2, 0) is 11.3 Å². The molecule has 2 atom stereocenters. The molecule has 2 aromatic heterocycles. The van der Waals surface area contributed by atoms with Crippen LogP contribution in [0.4, 0.5) is 10.6 Å². The summed E-state index contributed by atoms with van der Waals surface area (Å²) in [6.07, 6.45) is 8.74. The second-order valence-electron chi connectivity index (χ2n) is 11.6. The van der Waals surface area contributed by atoms with E-state index < -0.39 is 11.7 Å². The highest BCUT2D eigenvalue weighted by atomic mass is 16.6. The Kier molecular flexibility index (Phi) is 7.89. The predicted molar refractivity (Wildman–Crippen MR) is 138 cm³/mol. The van der Waals surface area contributed by atoms with Gasteiger partial charge >= 0.3 is 6.09 Å². The zero-order valence-electron chi connectivity index (χ0n) is 22.1. The average molecular weight is 486 g/mol. The summed E-state index contributed by atoms with van der Waals surface area (Å²) < 4.78 is 7.61. The van der Waals surface area contributed by atoms with Crippen molar-refractivity contribution in [1.82, 2.24) is 19.4 Å². The van der Waals surface area contributed by atoms with Gasteiger partial charge in [-0.05, 0) is 64.9 Å². The Morgan fingerprint density at radius 2 is 1.94 bits per heavy atom. The van der Waals surface area contributed by atoms with E-state index in [-0.39, 0.29) is 12.0 Å². The highest BCUT2D eigenvalue weighted by Gasteiger charge is 2.33. The van der Waals surface area contributed by atoms with Crippen LogP contribution < -0.4 is 4.90 Å². The molecule has 3 heterocycles. The van der Waals surface area contributed by atoms with Gasteiger partial charge in [0, 0.05) is 38.3 Å². The number of β-amino-alcohol motifs (C(OH)–C–C–N with tert-alkyl or cyclic N) is 1. The number of hydrogen-bond acceptors (Lipinski definition) is 6. The fourth-order valence-electron chi connectivity index (χ4n) is 5.52. The summed E-state index contributed by atoms with van der Waals surface area (Å²) in [5.41, 5.74) is 0.370. The van der Waals surface area contributed by atoms with E-state index in [1.807, 2.05) is 20.8 Å². The van der Waals surface area contributed by atoms with Crippen LogP contribution in [0.15, 0.2) is 18.6 Å². The van der Waals surface area contributed by atoms with E-state index in [2.05, 4.69) is 45.5 Å². The Hall–Kier alpha value is -2.35. The molecule has 2 aliphatic rings. The fourth-order valence-corrected chi connectivity index (χ4v) is 5.52. The molecule has 8 heteroatoms. The van der Waals surface area contributed by atoms with Crippen LogP contribution in [0.5, 0.6) is 0 Å². The Bertz CT molecular complexity index is 992. The van der Waals surface area contributed by atoms with Crippen molar-refractivity contribution in [2.24, 2.45) is 17.8 Å². The van der Waals surface area contributed by atoms with Gasteiger partial charge in [-0.25, -0.2) is 14.8 Å². The van der Waals surface area contributed by atoms with Gasteiger partial charge in [-0.2, -0.15) is 0 Å². The van der Waals surface area contributed by atoms with E-state index in [1.54, 1.807) is 11.2 Å².